The van der Waals surface area contributed by atoms with Gasteiger partial charge in [-0.1, -0.05) is 49.7 Å². The van der Waals surface area contributed by atoms with Crippen LogP contribution in [0.3, 0.4) is 0 Å². The highest BCUT2D eigenvalue weighted by molar-refractivity contribution is 14.1. The van der Waals surface area contributed by atoms with Crippen LogP contribution in [0.4, 0.5) is 0 Å². The Bertz CT molecular complexity index is 609. The normalized spacial score (nSPS) is 15.5. The van der Waals surface area contributed by atoms with Crippen LogP contribution in [0.25, 0.3) is 11.1 Å². The van der Waals surface area contributed by atoms with E-state index in [1.165, 1.54) is 31.4 Å². The first-order valence-corrected chi connectivity index (χ1v) is 7.00. The van der Waals surface area contributed by atoms with Crippen LogP contribution in [0.5, 0.6) is 0 Å². The molecule has 0 saturated carbocycles. The van der Waals surface area contributed by atoms with Crippen LogP contribution in [0.15, 0.2) is 36.4 Å². The lowest BCUT2D eigenvalue weighted by Crippen LogP contribution is -2.16. The molecule has 3 rings (SSSR count). The topological polar surface area (TPSA) is 0 Å². The van der Waals surface area contributed by atoms with Gasteiger partial charge in [0.2, 0.25) is 0 Å². The molecule has 0 unspecified atom stereocenters. The molecule has 0 N–H and O–H groups in total. The summed E-state index contributed by atoms with van der Waals surface area (Å²) in [6.07, 6.45) is 0. The quantitative estimate of drug-likeness (QED) is 0.601. The summed E-state index contributed by atoms with van der Waals surface area (Å²) < 4.78 is 1.37. The number of rotatable bonds is 0. The second-order valence-electron chi connectivity index (χ2n) is 5.34. The zero-order valence-electron chi connectivity index (χ0n) is 10.3. The van der Waals surface area contributed by atoms with Crippen molar-refractivity contribution >= 4 is 22.6 Å². The molecule has 0 nitrogen and oxygen atoms in total. The zero-order chi connectivity index (χ0) is 12.2. The molecule has 0 aromatic heterocycles. The van der Waals surface area contributed by atoms with Crippen molar-refractivity contribution in [2.75, 3.05) is 0 Å². The van der Waals surface area contributed by atoms with Crippen molar-refractivity contribution in [1.29, 1.82) is 0 Å². The van der Waals surface area contributed by atoms with Gasteiger partial charge in [0.15, 0.2) is 0 Å². The molecule has 0 heterocycles. The van der Waals surface area contributed by atoms with E-state index in [1.807, 2.05) is 0 Å². The van der Waals surface area contributed by atoms with E-state index < -0.39 is 0 Å². The number of fused-ring (bicyclic) bond motifs is 3. The van der Waals surface area contributed by atoms with Gasteiger partial charge in [0, 0.05) is 8.99 Å². The second-order valence-corrected chi connectivity index (χ2v) is 6.50. The molecule has 17 heavy (non-hydrogen) atoms. The van der Waals surface area contributed by atoms with Gasteiger partial charge < -0.3 is 0 Å². The molecular formula is C16H15I. The standard InChI is InChI=1S/C16H15I/c1-10-7-8-13-12(9-10)11-5-4-6-14(17)15(11)16(13,2)3/h4-9H,1-3H3. The van der Waals surface area contributed by atoms with Crippen molar-refractivity contribution < 1.29 is 0 Å². The molecule has 0 bridgehead atoms. The molecule has 0 amide bonds. The minimum Gasteiger partial charge on any atom is -0.0606 e. The molecule has 86 valence electrons. The smallest absolute Gasteiger partial charge is 0.0177 e. The second kappa shape index (κ2) is 3.58. The molecule has 0 fully saturated rings. The molecule has 1 aliphatic carbocycles. The van der Waals surface area contributed by atoms with Crippen LogP contribution in [0, 0.1) is 10.5 Å². The molecule has 0 saturated heterocycles. The molecule has 0 atom stereocenters. The molecule has 0 aliphatic heterocycles. The first kappa shape index (κ1) is 11.3. The lowest BCUT2D eigenvalue weighted by Gasteiger charge is -2.22. The summed E-state index contributed by atoms with van der Waals surface area (Å²) in [4.78, 5) is 0. The van der Waals surface area contributed by atoms with Crippen LogP contribution < -0.4 is 0 Å². The molecule has 0 radical (unpaired) electrons. The predicted molar refractivity (Wildman–Crippen MR) is 81.5 cm³/mol. The van der Waals surface area contributed by atoms with Crippen LogP contribution in [0.2, 0.25) is 0 Å². The number of benzene rings is 2. The molecule has 0 spiro atoms. The summed E-state index contributed by atoms with van der Waals surface area (Å²) in [6.45, 7) is 6.82. The number of aryl methyl sites for hydroxylation is 1. The van der Waals surface area contributed by atoms with Crippen molar-refractivity contribution in [3.05, 3.63) is 56.7 Å². The SMILES string of the molecule is Cc1ccc2c(c1)-c1cccc(I)c1C2(C)C. The maximum atomic E-state index is 2.46. The highest BCUT2D eigenvalue weighted by Crippen LogP contribution is 2.50. The van der Waals surface area contributed by atoms with Crippen LogP contribution >= 0.6 is 22.6 Å². The Morgan fingerprint density at radius 1 is 1.00 bits per heavy atom. The number of hydrogen-bond donors (Lipinski definition) is 0. The van der Waals surface area contributed by atoms with Gasteiger partial charge in [0.25, 0.3) is 0 Å². The minimum absolute atomic E-state index is 0.135. The third-order valence-corrected chi connectivity index (χ3v) is 4.68. The molecule has 2 aromatic rings. The first-order valence-electron chi connectivity index (χ1n) is 5.92. The van der Waals surface area contributed by atoms with Gasteiger partial charge in [0.1, 0.15) is 0 Å². The Hall–Kier alpha value is -0.830. The highest BCUT2D eigenvalue weighted by Gasteiger charge is 2.36. The van der Waals surface area contributed by atoms with Crippen molar-refractivity contribution in [3.63, 3.8) is 0 Å². The van der Waals surface area contributed by atoms with Gasteiger partial charge in [0.05, 0.1) is 0 Å². The van der Waals surface area contributed by atoms with Gasteiger partial charge in [-0.3, -0.25) is 0 Å². The Morgan fingerprint density at radius 3 is 2.53 bits per heavy atom. The van der Waals surface area contributed by atoms with Gasteiger partial charge in [-0.25, -0.2) is 0 Å². The fourth-order valence-electron chi connectivity index (χ4n) is 2.94. The number of hydrogen-bond acceptors (Lipinski definition) is 0. The average Bonchev–Trinajstić information content (AvgIpc) is 2.49. The van der Waals surface area contributed by atoms with E-state index in [4.69, 9.17) is 0 Å². The van der Waals surface area contributed by atoms with E-state index in [0.29, 0.717) is 0 Å². The van der Waals surface area contributed by atoms with Crippen LogP contribution in [-0.4, -0.2) is 0 Å². The molecule has 2 aromatic carbocycles. The maximum absolute atomic E-state index is 2.46. The predicted octanol–water partition coefficient (Wildman–Crippen LogP) is 4.91. The average molecular weight is 334 g/mol. The third kappa shape index (κ3) is 1.48. The Labute approximate surface area is 116 Å². The molecule has 1 aliphatic rings. The van der Waals surface area contributed by atoms with Crippen molar-refractivity contribution in [1.82, 2.24) is 0 Å². The summed E-state index contributed by atoms with van der Waals surface area (Å²) in [7, 11) is 0. The fraction of sp³-hybridized carbons (Fsp3) is 0.250. The largest absolute Gasteiger partial charge is 0.0606 e. The van der Waals surface area contributed by atoms with Gasteiger partial charge in [-0.15, -0.1) is 0 Å². The summed E-state index contributed by atoms with van der Waals surface area (Å²) in [6, 6.07) is 13.5. The van der Waals surface area contributed by atoms with Crippen LogP contribution in [0.1, 0.15) is 30.5 Å². The lowest BCUT2D eigenvalue weighted by atomic mass is 9.82. The van der Waals surface area contributed by atoms with E-state index in [-0.39, 0.29) is 5.41 Å². The molecular weight excluding hydrogens is 319 g/mol. The first-order chi connectivity index (χ1) is 8.01. The maximum Gasteiger partial charge on any atom is 0.0177 e. The lowest BCUT2D eigenvalue weighted by molar-refractivity contribution is 0.656. The monoisotopic (exact) mass is 334 g/mol. The summed E-state index contributed by atoms with van der Waals surface area (Å²) >= 11 is 2.46. The van der Waals surface area contributed by atoms with E-state index in [2.05, 4.69) is 79.8 Å². The van der Waals surface area contributed by atoms with Gasteiger partial charge in [-0.05, 0) is 57.8 Å². The summed E-state index contributed by atoms with van der Waals surface area (Å²) in [5, 5.41) is 0. The summed E-state index contributed by atoms with van der Waals surface area (Å²) in [5.41, 5.74) is 7.26. The fourth-order valence-corrected chi connectivity index (χ4v) is 4.12. The zero-order valence-corrected chi connectivity index (χ0v) is 12.5. The Kier molecular flexibility index (Phi) is 2.37. The van der Waals surface area contributed by atoms with Crippen molar-refractivity contribution in [2.24, 2.45) is 0 Å². The Morgan fingerprint density at radius 2 is 1.76 bits per heavy atom. The Balaban J connectivity index is 2.43. The van der Waals surface area contributed by atoms with Gasteiger partial charge in [-0.2, -0.15) is 0 Å². The minimum atomic E-state index is 0.135. The third-order valence-electron chi connectivity index (χ3n) is 3.78. The van der Waals surface area contributed by atoms with E-state index >= 15 is 0 Å². The van der Waals surface area contributed by atoms with E-state index in [1.54, 1.807) is 0 Å². The van der Waals surface area contributed by atoms with Gasteiger partial charge >= 0.3 is 0 Å². The number of halogens is 1. The highest BCUT2D eigenvalue weighted by atomic mass is 127. The van der Waals surface area contributed by atoms with Crippen LogP contribution in [-0.2, 0) is 5.41 Å². The molecule has 1 heteroatoms. The summed E-state index contributed by atoms with van der Waals surface area (Å²) in [5.74, 6) is 0. The van der Waals surface area contributed by atoms with E-state index in [0.717, 1.165) is 0 Å². The van der Waals surface area contributed by atoms with E-state index in [9.17, 15) is 0 Å². The van der Waals surface area contributed by atoms with Crippen molar-refractivity contribution in [3.8, 4) is 11.1 Å². The van der Waals surface area contributed by atoms with Crippen molar-refractivity contribution in [2.45, 2.75) is 26.2 Å².